The van der Waals surface area contributed by atoms with Crippen LogP contribution in [0.4, 0.5) is 0 Å². The maximum Gasteiger partial charge on any atom is 0.221 e. The number of rotatable bonds is 2. The fourth-order valence-corrected chi connectivity index (χ4v) is 1.03. The summed E-state index contributed by atoms with van der Waals surface area (Å²) >= 11 is 10.8. The fraction of sp³-hybridized carbons (Fsp3) is 0.300. The minimum Gasteiger partial charge on any atom is -0.369 e. The van der Waals surface area contributed by atoms with Gasteiger partial charge in [-0.2, -0.15) is 0 Å². The van der Waals surface area contributed by atoms with Crippen LogP contribution in [0.5, 0.6) is 0 Å². The van der Waals surface area contributed by atoms with Crippen LogP contribution in [0.25, 0.3) is 0 Å². The molecule has 0 fully saturated rings. The lowest BCUT2D eigenvalue weighted by molar-refractivity contribution is -0.117. The van der Waals surface area contributed by atoms with E-state index in [1.54, 1.807) is 12.1 Å². The van der Waals surface area contributed by atoms with E-state index in [9.17, 15) is 4.79 Å². The molecule has 0 bridgehead atoms. The van der Waals surface area contributed by atoms with Crippen molar-refractivity contribution in [3.05, 3.63) is 34.9 Å². The predicted octanol–water partition coefficient (Wildman–Crippen LogP) is 2.61. The number of nitrogens with two attached hydrogens (primary N) is 1. The Labute approximate surface area is 94.0 Å². The number of amides is 1. The summed E-state index contributed by atoms with van der Waals surface area (Å²) in [7, 11) is 0. The summed E-state index contributed by atoms with van der Waals surface area (Å²) in [5, 5.41) is 0.589. The molecule has 1 amide bonds. The summed E-state index contributed by atoms with van der Waals surface area (Å²) < 4.78 is 0. The Balaban J connectivity index is 0.000000500. The van der Waals surface area contributed by atoms with Crippen molar-refractivity contribution in [1.29, 1.82) is 0 Å². The Bertz CT molecular complexity index is 289. The minimum absolute atomic E-state index is 0.208. The van der Waals surface area contributed by atoms with Crippen molar-refractivity contribution in [3.8, 4) is 0 Å². The van der Waals surface area contributed by atoms with Crippen LogP contribution in [0.1, 0.15) is 12.5 Å². The molecule has 0 atom stereocenters. The first kappa shape index (κ1) is 13.3. The smallest absolute Gasteiger partial charge is 0.221 e. The number of hydrogen-bond donors (Lipinski definition) is 1. The first-order valence-corrected chi connectivity index (χ1v) is 5.10. The molecule has 4 heteroatoms. The maximum absolute atomic E-state index is 10.5. The largest absolute Gasteiger partial charge is 0.369 e. The maximum atomic E-state index is 10.5. The molecule has 0 aromatic heterocycles. The lowest BCUT2D eigenvalue weighted by Crippen LogP contribution is -2.13. The van der Waals surface area contributed by atoms with Gasteiger partial charge in [0.25, 0.3) is 0 Å². The first-order chi connectivity index (χ1) is 6.61. The molecular formula is C10H13Cl2NO. The van der Waals surface area contributed by atoms with E-state index < -0.39 is 0 Å². The Morgan fingerprint density at radius 2 is 1.93 bits per heavy atom. The van der Waals surface area contributed by atoms with Crippen molar-refractivity contribution in [1.82, 2.24) is 0 Å². The molecule has 0 radical (unpaired) electrons. The summed E-state index contributed by atoms with van der Waals surface area (Å²) in [4.78, 5) is 10.5. The molecule has 14 heavy (non-hydrogen) atoms. The summed E-state index contributed by atoms with van der Waals surface area (Å²) in [5.74, 6) is 0.359. The van der Waals surface area contributed by atoms with Gasteiger partial charge in [0.15, 0.2) is 0 Å². The zero-order valence-corrected chi connectivity index (χ0v) is 9.48. The number of carbonyl (C=O) groups excluding carboxylic acids is 1. The van der Waals surface area contributed by atoms with Crippen molar-refractivity contribution < 1.29 is 4.79 Å². The van der Waals surface area contributed by atoms with E-state index in [0.717, 1.165) is 11.4 Å². The number of halogens is 2. The third-order valence-electron chi connectivity index (χ3n) is 1.32. The SMILES string of the molecule is CCCl.NC(=O)Cc1ccccc1Cl. The monoisotopic (exact) mass is 233 g/mol. The zero-order valence-electron chi connectivity index (χ0n) is 7.97. The highest BCUT2D eigenvalue weighted by molar-refractivity contribution is 6.31. The third-order valence-corrected chi connectivity index (χ3v) is 1.69. The second-order valence-electron chi connectivity index (χ2n) is 2.50. The van der Waals surface area contributed by atoms with Crippen molar-refractivity contribution in [2.45, 2.75) is 13.3 Å². The number of primary amides is 1. The van der Waals surface area contributed by atoms with Gasteiger partial charge in [-0.1, -0.05) is 36.7 Å². The van der Waals surface area contributed by atoms with Gasteiger partial charge in [-0.25, -0.2) is 0 Å². The van der Waals surface area contributed by atoms with E-state index in [0.29, 0.717) is 5.02 Å². The molecule has 1 aromatic rings. The van der Waals surface area contributed by atoms with Crippen LogP contribution in [0.15, 0.2) is 24.3 Å². The van der Waals surface area contributed by atoms with Crippen LogP contribution in [0, 0.1) is 0 Å². The molecule has 2 N–H and O–H groups in total. The van der Waals surface area contributed by atoms with Gasteiger partial charge >= 0.3 is 0 Å². The van der Waals surface area contributed by atoms with Crippen LogP contribution in [-0.4, -0.2) is 11.8 Å². The molecule has 0 aliphatic carbocycles. The van der Waals surface area contributed by atoms with Crippen LogP contribution in [-0.2, 0) is 11.2 Å². The topological polar surface area (TPSA) is 43.1 Å². The van der Waals surface area contributed by atoms with Crippen molar-refractivity contribution in [2.24, 2.45) is 5.73 Å². The van der Waals surface area contributed by atoms with Gasteiger partial charge in [0.05, 0.1) is 6.42 Å². The van der Waals surface area contributed by atoms with E-state index in [4.69, 9.17) is 28.9 Å². The lowest BCUT2D eigenvalue weighted by Gasteiger charge is -1.98. The molecule has 1 rings (SSSR count). The van der Waals surface area contributed by atoms with Crippen molar-refractivity contribution >= 4 is 29.1 Å². The van der Waals surface area contributed by atoms with E-state index in [1.165, 1.54) is 0 Å². The summed E-state index contributed by atoms with van der Waals surface area (Å²) in [5.41, 5.74) is 5.78. The van der Waals surface area contributed by atoms with Crippen molar-refractivity contribution in [2.75, 3.05) is 5.88 Å². The van der Waals surface area contributed by atoms with Gasteiger partial charge in [-0.3, -0.25) is 4.79 Å². The standard InChI is InChI=1S/C8H8ClNO.C2H5Cl/c9-7-4-2-1-3-6(7)5-8(10)11;1-2-3/h1-4H,5H2,(H2,10,11);2H2,1H3. The summed E-state index contributed by atoms with van der Waals surface area (Å²) in [6.45, 7) is 1.89. The number of benzene rings is 1. The predicted molar refractivity (Wildman–Crippen MR) is 60.7 cm³/mol. The van der Waals surface area contributed by atoms with Gasteiger partial charge < -0.3 is 5.73 Å². The van der Waals surface area contributed by atoms with Gasteiger partial charge in [0, 0.05) is 10.9 Å². The summed E-state index contributed by atoms with van der Waals surface area (Å²) in [6, 6.07) is 7.16. The molecule has 0 spiro atoms. The highest BCUT2D eigenvalue weighted by Crippen LogP contribution is 2.14. The Morgan fingerprint density at radius 3 is 2.36 bits per heavy atom. The Hall–Kier alpha value is -0.730. The van der Waals surface area contributed by atoms with Gasteiger partial charge in [-0.15, -0.1) is 11.6 Å². The molecule has 0 saturated carbocycles. The third kappa shape index (κ3) is 5.84. The molecule has 1 aromatic carbocycles. The number of carbonyl (C=O) groups is 1. The van der Waals surface area contributed by atoms with Gasteiger partial charge in [0.2, 0.25) is 5.91 Å². The van der Waals surface area contributed by atoms with Crippen LogP contribution in [0.3, 0.4) is 0 Å². The van der Waals surface area contributed by atoms with Crippen molar-refractivity contribution in [3.63, 3.8) is 0 Å². The average Bonchev–Trinajstić information content (AvgIpc) is 2.09. The number of alkyl halides is 1. The molecule has 0 aliphatic rings. The second kappa shape index (κ2) is 7.65. The molecular weight excluding hydrogens is 221 g/mol. The lowest BCUT2D eigenvalue weighted by atomic mass is 10.1. The Kier molecular flexibility index (Phi) is 7.25. The van der Waals surface area contributed by atoms with E-state index in [2.05, 4.69) is 0 Å². The molecule has 0 heterocycles. The molecule has 0 unspecified atom stereocenters. The van der Waals surface area contributed by atoms with E-state index in [1.807, 2.05) is 19.1 Å². The van der Waals surface area contributed by atoms with E-state index >= 15 is 0 Å². The normalized spacial score (nSPS) is 8.79. The first-order valence-electron chi connectivity index (χ1n) is 4.19. The average molecular weight is 234 g/mol. The van der Waals surface area contributed by atoms with Crippen LogP contribution >= 0.6 is 23.2 Å². The zero-order chi connectivity index (χ0) is 11.0. The summed E-state index contributed by atoms with van der Waals surface area (Å²) in [6.07, 6.45) is 0.208. The highest BCUT2D eigenvalue weighted by atomic mass is 35.5. The quantitative estimate of drug-likeness (QED) is 0.785. The highest BCUT2D eigenvalue weighted by Gasteiger charge is 2.01. The Morgan fingerprint density at radius 1 is 1.43 bits per heavy atom. The molecule has 78 valence electrons. The number of hydrogen-bond acceptors (Lipinski definition) is 1. The molecule has 0 aliphatic heterocycles. The molecule has 2 nitrogen and oxygen atoms in total. The van der Waals surface area contributed by atoms with Crippen LogP contribution in [0.2, 0.25) is 5.02 Å². The van der Waals surface area contributed by atoms with Crippen LogP contribution < -0.4 is 5.73 Å². The van der Waals surface area contributed by atoms with Gasteiger partial charge in [0.1, 0.15) is 0 Å². The van der Waals surface area contributed by atoms with E-state index in [-0.39, 0.29) is 12.3 Å². The molecule has 0 saturated heterocycles. The minimum atomic E-state index is -0.363. The second-order valence-corrected chi connectivity index (χ2v) is 3.44. The van der Waals surface area contributed by atoms with Gasteiger partial charge in [-0.05, 0) is 11.6 Å². The fourth-order valence-electron chi connectivity index (χ4n) is 0.829.